The van der Waals surface area contributed by atoms with Crippen LogP contribution < -0.4 is 4.74 Å². The Morgan fingerprint density at radius 2 is 1.73 bits per heavy atom. The summed E-state index contributed by atoms with van der Waals surface area (Å²) in [5.74, 6) is 0.122. The molecule has 0 fully saturated rings. The second kappa shape index (κ2) is 9.55. The summed E-state index contributed by atoms with van der Waals surface area (Å²) < 4.78 is 5.13. The molecule has 1 aliphatic heterocycles. The summed E-state index contributed by atoms with van der Waals surface area (Å²) in [7, 11) is 1.58. The van der Waals surface area contributed by atoms with Gasteiger partial charge in [0.1, 0.15) is 5.75 Å². The second-order valence-corrected chi connectivity index (χ2v) is 7.55. The number of ether oxygens (including phenoxy) is 1. The number of imide groups is 1. The third-order valence-electron chi connectivity index (χ3n) is 4.61. The highest BCUT2D eigenvalue weighted by Gasteiger charge is 2.38. The largest absolute Gasteiger partial charge is 0.497 e. The minimum atomic E-state index is -0.525. The smallest absolute Gasteiger partial charge is 0.269 e. The number of benzene rings is 2. The van der Waals surface area contributed by atoms with Crippen LogP contribution in [0.1, 0.15) is 11.1 Å². The predicted molar refractivity (Wildman–Crippen MR) is 113 cm³/mol. The molecule has 1 aliphatic rings. The Labute approximate surface area is 177 Å². The molecule has 9 heteroatoms. The van der Waals surface area contributed by atoms with Crippen LogP contribution >= 0.6 is 11.8 Å². The van der Waals surface area contributed by atoms with Gasteiger partial charge in [0.25, 0.3) is 17.5 Å². The van der Waals surface area contributed by atoms with Gasteiger partial charge in [-0.05, 0) is 41.8 Å². The van der Waals surface area contributed by atoms with Gasteiger partial charge in [0.15, 0.2) is 0 Å². The second-order valence-electron chi connectivity index (χ2n) is 6.44. The first kappa shape index (κ1) is 21.5. The maximum Gasteiger partial charge on any atom is 0.269 e. The van der Waals surface area contributed by atoms with Crippen molar-refractivity contribution in [2.75, 3.05) is 26.0 Å². The summed E-state index contributed by atoms with van der Waals surface area (Å²) in [5.41, 5.74) is 1.50. The van der Waals surface area contributed by atoms with Crippen LogP contribution in [0.5, 0.6) is 5.75 Å². The van der Waals surface area contributed by atoms with Gasteiger partial charge in [-0.1, -0.05) is 12.1 Å². The molecule has 0 aliphatic carbocycles. The molecule has 0 saturated carbocycles. The van der Waals surface area contributed by atoms with Crippen molar-refractivity contribution >= 4 is 34.8 Å². The van der Waals surface area contributed by atoms with Crippen molar-refractivity contribution in [1.29, 1.82) is 0 Å². The molecule has 0 saturated heterocycles. The molecule has 3 rings (SSSR count). The Balaban J connectivity index is 1.83. The molecule has 8 nitrogen and oxygen atoms in total. The van der Waals surface area contributed by atoms with Crippen molar-refractivity contribution < 1.29 is 24.4 Å². The summed E-state index contributed by atoms with van der Waals surface area (Å²) >= 11 is 1.11. The summed E-state index contributed by atoms with van der Waals surface area (Å²) in [6.45, 7) is 0.0543. The van der Waals surface area contributed by atoms with Gasteiger partial charge < -0.3 is 9.84 Å². The molecule has 30 heavy (non-hydrogen) atoms. The minimum Gasteiger partial charge on any atom is -0.497 e. The van der Waals surface area contributed by atoms with Crippen molar-refractivity contribution in [1.82, 2.24) is 4.90 Å². The Kier molecular flexibility index (Phi) is 6.86. The van der Waals surface area contributed by atoms with Gasteiger partial charge in [-0.3, -0.25) is 24.6 Å². The number of amides is 2. The number of rotatable bonds is 9. The molecule has 0 aromatic heterocycles. The highest BCUT2D eigenvalue weighted by atomic mass is 32.2. The van der Waals surface area contributed by atoms with Crippen molar-refractivity contribution in [3.8, 4) is 5.75 Å². The summed E-state index contributed by atoms with van der Waals surface area (Å²) in [5, 5.41) is 20.0. The average molecular weight is 428 g/mol. The molecule has 156 valence electrons. The zero-order valence-electron chi connectivity index (χ0n) is 16.2. The first-order valence-electron chi connectivity index (χ1n) is 9.18. The molecule has 0 atom stereocenters. The fourth-order valence-electron chi connectivity index (χ4n) is 3.08. The lowest BCUT2D eigenvalue weighted by atomic mass is 10.1. The van der Waals surface area contributed by atoms with Crippen molar-refractivity contribution in [3.05, 3.63) is 74.7 Å². The molecular weight excluding hydrogens is 408 g/mol. The van der Waals surface area contributed by atoms with E-state index in [0.717, 1.165) is 23.1 Å². The highest BCUT2D eigenvalue weighted by Crippen LogP contribution is 2.36. The van der Waals surface area contributed by atoms with Gasteiger partial charge >= 0.3 is 0 Å². The van der Waals surface area contributed by atoms with E-state index in [4.69, 9.17) is 9.84 Å². The number of aliphatic hydroxyl groups excluding tert-OH is 1. The van der Waals surface area contributed by atoms with Gasteiger partial charge in [-0.15, -0.1) is 11.8 Å². The number of nitro groups is 1. The van der Waals surface area contributed by atoms with E-state index >= 15 is 0 Å². The molecule has 2 aromatic carbocycles. The number of methoxy groups -OCH3 is 1. The van der Waals surface area contributed by atoms with Crippen LogP contribution in [-0.4, -0.2) is 52.8 Å². The SMILES string of the molecule is COc1ccc(CCN2C(=O)C(SCCO)=C(c3ccc([N+](=O)[O-])cc3)C2=O)cc1. The quantitative estimate of drug-likeness (QED) is 0.371. The van der Waals surface area contributed by atoms with E-state index in [0.29, 0.717) is 12.0 Å². The average Bonchev–Trinajstić information content (AvgIpc) is 3.00. The van der Waals surface area contributed by atoms with Gasteiger partial charge in [0.05, 0.1) is 29.1 Å². The predicted octanol–water partition coefficient (Wildman–Crippen LogP) is 2.65. The lowest BCUT2D eigenvalue weighted by molar-refractivity contribution is -0.384. The van der Waals surface area contributed by atoms with E-state index in [1.54, 1.807) is 7.11 Å². The number of carbonyl (C=O) groups is 2. The topological polar surface area (TPSA) is 110 Å². The van der Waals surface area contributed by atoms with Crippen LogP contribution in [0.2, 0.25) is 0 Å². The lowest BCUT2D eigenvalue weighted by Crippen LogP contribution is -2.33. The number of aliphatic hydroxyl groups is 1. The van der Waals surface area contributed by atoms with E-state index in [-0.39, 0.29) is 35.1 Å². The Bertz CT molecular complexity index is 986. The number of thioether (sulfide) groups is 1. The molecule has 0 bridgehead atoms. The number of nitro benzene ring substituents is 1. The zero-order valence-corrected chi connectivity index (χ0v) is 17.1. The fourth-order valence-corrected chi connectivity index (χ4v) is 3.95. The van der Waals surface area contributed by atoms with Gasteiger partial charge in [0.2, 0.25) is 0 Å². The lowest BCUT2D eigenvalue weighted by Gasteiger charge is -2.15. The number of carbonyl (C=O) groups excluding carboxylic acids is 2. The van der Waals surface area contributed by atoms with Crippen LogP contribution in [0.4, 0.5) is 5.69 Å². The van der Waals surface area contributed by atoms with Gasteiger partial charge in [-0.2, -0.15) is 0 Å². The van der Waals surface area contributed by atoms with E-state index in [1.807, 2.05) is 24.3 Å². The number of hydrogen-bond acceptors (Lipinski definition) is 7. The molecular formula is C21H20N2O6S. The third kappa shape index (κ3) is 4.52. The van der Waals surface area contributed by atoms with Crippen LogP contribution in [0.3, 0.4) is 0 Å². The number of nitrogens with zero attached hydrogens (tertiary/aromatic N) is 2. The number of non-ortho nitro benzene ring substituents is 1. The molecule has 0 radical (unpaired) electrons. The van der Waals surface area contributed by atoms with E-state index < -0.39 is 16.7 Å². The molecule has 2 aromatic rings. The molecule has 1 N–H and O–H groups in total. The van der Waals surface area contributed by atoms with E-state index in [2.05, 4.69) is 0 Å². The van der Waals surface area contributed by atoms with E-state index in [9.17, 15) is 19.7 Å². The van der Waals surface area contributed by atoms with Crippen molar-refractivity contribution in [2.24, 2.45) is 0 Å². The maximum atomic E-state index is 13.0. The van der Waals surface area contributed by atoms with Crippen molar-refractivity contribution in [2.45, 2.75) is 6.42 Å². The van der Waals surface area contributed by atoms with Crippen LogP contribution in [-0.2, 0) is 16.0 Å². The third-order valence-corrected chi connectivity index (χ3v) is 5.67. The van der Waals surface area contributed by atoms with Gasteiger partial charge in [-0.25, -0.2) is 0 Å². The summed E-state index contributed by atoms with van der Waals surface area (Å²) in [4.78, 5) is 37.8. The molecule has 2 amide bonds. The summed E-state index contributed by atoms with van der Waals surface area (Å²) in [6, 6.07) is 12.9. The Morgan fingerprint density at radius 1 is 1.07 bits per heavy atom. The number of hydrogen-bond donors (Lipinski definition) is 1. The van der Waals surface area contributed by atoms with E-state index in [1.165, 1.54) is 29.2 Å². The molecule has 0 spiro atoms. The monoisotopic (exact) mass is 428 g/mol. The maximum absolute atomic E-state index is 13.0. The van der Waals surface area contributed by atoms with Crippen molar-refractivity contribution in [3.63, 3.8) is 0 Å². The molecule has 1 heterocycles. The zero-order chi connectivity index (χ0) is 21.7. The van der Waals surface area contributed by atoms with Crippen LogP contribution in [0.25, 0.3) is 5.57 Å². The van der Waals surface area contributed by atoms with Gasteiger partial charge in [0, 0.05) is 24.4 Å². The van der Waals surface area contributed by atoms with Crippen LogP contribution in [0.15, 0.2) is 53.4 Å². The first-order valence-corrected chi connectivity index (χ1v) is 10.2. The highest BCUT2D eigenvalue weighted by molar-refractivity contribution is 8.04. The normalized spacial score (nSPS) is 13.9. The minimum absolute atomic E-state index is 0.1000. The first-order chi connectivity index (χ1) is 14.5. The fraction of sp³-hybridized carbons (Fsp3) is 0.238. The molecule has 0 unspecified atom stereocenters. The Morgan fingerprint density at radius 3 is 2.30 bits per heavy atom. The standard InChI is InChI=1S/C21H20N2O6S/c1-29-17-8-2-14(3-9-17)10-11-22-20(25)18(19(21(22)26)30-13-12-24)15-4-6-16(7-5-15)23(27)28/h2-9,24H,10-13H2,1H3. The Hall–Kier alpha value is -3.17. The van der Waals surface area contributed by atoms with Crippen LogP contribution in [0, 0.1) is 10.1 Å². The summed E-state index contributed by atoms with van der Waals surface area (Å²) in [6.07, 6.45) is 0.479.